The maximum Gasteiger partial charge on any atom is 0.573 e. The van der Waals surface area contributed by atoms with Gasteiger partial charge in [-0.2, -0.15) is 0 Å². The quantitative estimate of drug-likeness (QED) is 0.492. The molecule has 0 saturated carbocycles. The summed E-state index contributed by atoms with van der Waals surface area (Å²) in [6.45, 7) is 7.59. The summed E-state index contributed by atoms with van der Waals surface area (Å²) in [6, 6.07) is 13.8. The summed E-state index contributed by atoms with van der Waals surface area (Å²) >= 11 is 0. The molecule has 0 unspecified atom stereocenters. The molecule has 2 aliphatic heterocycles. The van der Waals surface area contributed by atoms with Crippen LogP contribution in [0.15, 0.2) is 59.8 Å². The van der Waals surface area contributed by atoms with Gasteiger partial charge in [0.05, 0.1) is 5.71 Å². The van der Waals surface area contributed by atoms with E-state index in [0.29, 0.717) is 43.6 Å². The van der Waals surface area contributed by atoms with Crippen LogP contribution in [0.25, 0.3) is 6.08 Å². The fraction of sp³-hybridized carbons (Fsp3) is 0.407. The van der Waals surface area contributed by atoms with E-state index in [1.54, 1.807) is 23.1 Å². The molecule has 5 nitrogen and oxygen atoms in total. The van der Waals surface area contributed by atoms with E-state index in [2.05, 4.69) is 42.8 Å². The number of oxime groups is 1. The molecule has 0 atom stereocenters. The number of likely N-dealkylation sites (tertiary alicyclic amines) is 1. The number of halogens is 3. The zero-order valence-corrected chi connectivity index (χ0v) is 20.1. The first-order valence-corrected chi connectivity index (χ1v) is 11.6. The van der Waals surface area contributed by atoms with E-state index in [0.717, 1.165) is 5.56 Å². The third-order valence-corrected chi connectivity index (χ3v) is 6.44. The van der Waals surface area contributed by atoms with Crippen molar-refractivity contribution in [1.29, 1.82) is 0 Å². The van der Waals surface area contributed by atoms with Gasteiger partial charge in [-0.05, 0) is 52.4 Å². The normalized spacial score (nSPS) is 18.0. The van der Waals surface area contributed by atoms with Crippen LogP contribution in [0.3, 0.4) is 0 Å². The van der Waals surface area contributed by atoms with Gasteiger partial charge in [-0.3, -0.25) is 4.79 Å². The van der Waals surface area contributed by atoms with Crippen molar-refractivity contribution in [3.63, 3.8) is 0 Å². The van der Waals surface area contributed by atoms with Crippen LogP contribution in [0.5, 0.6) is 5.75 Å². The van der Waals surface area contributed by atoms with E-state index in [1.807, 2.05) is 18.2 Å². The summed E-state index contributed by atoms with van der Waals surface area (Å²) in [5, 5.41) is 4.19. The van der Waals surface area contributed by atoms with E-state index in [9.17, 15) is 18.0 Å². The maximum atomic E-state index is 12.7. The molecular formula is C27H29F3N2O3. The highest BCUT2D eigenvalue weighted by molar-refractivity contribution is 6.01. The lowest BCUT2D eigenvalue weighted by Gasteiger charge is -2.36. The SMILES string of the molecule is CC(C)(C)c1ccc(C=CC(=O)N2CCC3(CC2)CC(c2ccc(OC(F)(F)F)cc2)=NO3)cc1. The van der Waals surface area contributed by atoms with Gasteiger partial charge in [-0.15, -0.1) is 13.2 Å². The van der Waals surface area contributed by atoms with E-state index < -0.39 is 12.0 Å². The lowest BCUT2D eigenvalue weighted by atomic mass is 9.85. The van der Waals surface area contributed by atoms with E-state index >= 15 is 0 Å². The zero-order valence-electron chi connectivity index (χ0n) is 20.1. The minimum Gasteiger partial charge on any atom is -0.406 e. The van der Waals surface area contributed by atoms with Crippen LogP contribution in [0.4, 0.5) is 13.2 Å². The number of carbonyl (C=O) groups excluding carboxylic acids is 1. The minimum absolute atomic E-state index is 0.0425. The molecule has 2 aromatic carbocycles. The smallest absolute Gasteiger partial charge is 0.406 e. The van der Waals surface area contributed by atoms with Crippen LogP contribution < -0.4 is 4.74 Å². The molecule has 2 aliphatic rings. The van der Waals surface area contributed by atoms with Gasteiger partial charge in [0.15, 0.2) is 0 Å². The van der Waals surface area contributed by atoms with E-state index in [-0.39, 0.29) is 17.1 Å². The first kappa shape index (κ1) is 24.8. The monoisotopic (exact) mass is 486 g/mol. The molecule has 1 spiro atoms. The van der Waals surface area contributed by atoms with E-state index in [1.165, 1.54) is 17.7 Å². The highest BCUT2D eigenvalue weighted by Crippen LogP contribution is 2.36. The van der Waals surface area contributed by atoms with Crippen LogP contribution in [0.1, 0.15) is 56.7 Å². The molecule has 1 fully saturated rings. The summed E-state index contributed by atoms with van der Waals surface area (Å²) in [5.41, 5.74) is 3.19. The second-order valence-corrected chi connectivity index (χ2v) is 10.1. The molecular weight excluding hydrogens is 457 g/mol. The van der Waals surface area contributed by atoms with Gasteiger partial charge >= 0.3 is 6.36 Å². The predicted octanol–water partition coefficient (Wildman–Crippen LogP) is 6.08. The number of hydrogen-bond donors (Lipinski definition) is 0. The number of alkyl halides is 3. The Morgan fingerprint density at radius 1 is 1.03 bits per heavy atom. The first-order valence-electron chi connectivity index (χ1n) is 11.6. The van der Waals surface area contributed by atoms with Crippen LogP contribution in [-0.2, 0) is 15.0 Å². The Hall–Kier alpha value is -3.29. The first-order chi connectivity index (χ1) is 16.4. The van der Waals surface area contributed by atoms with Crippen molar-refractivity contribution >= 4 is 17.7 Å². The number of rotatable bonds is 4. The number of piperidine rings is 1. The van der Waals surface area contributed by atoms with Crippen LogP contribution in [0, 0.1) is 0 Å². The molecule has 8 heteroatoms. The molecule has 0 radical (unpaired) electrons. The summed E-state index contributed by atoms with van der Waals surface area (Å²) in [4.78, 5) is 20.3. The summed E-state index contributed by atoms with van der Waals surface area (Å²) in [5.74, 6) is -0.320. The van der Waals surface area contributed by atoms with Crippen molar-refractivity contribution in [2.45, 2.75) is 57.4 Å². The van der Waals surface area contributed by atoms with Crippen molar-refractivity contribution in [1.82, 2.24) is 4.90 Å². The zero-order chi connectivity index (χ0) is 25.3. The molecule has 0 bridgehead atoms. The molecule has 2 aromatic rings. The van der Waals surface area contributed by atoms with Crippen molar-refractivity contribution in [3.8, 4) is 5.75 Å². The molecule has 0 N–H and O–H groups in total. The molecule has 2 heterocycles. The summed E-state index contributed by atoms with van der Waals surface area (Å²) in [7, 11) is 0. The predicted molar refractivity (Wildman–Crippen MR) is 128 cm³/mol. The third kappa shape index (κ3) is 6.24. The second-order valence-electron chi connectivity index (χ2n) is 10.1. The van der Waals surface area contributed by atoms with Gasteiger partial charge in [0.1, 0.15) is 11.4 Å². The largest absolute Gasteiger partial charge is 0.573 e. The summed E-state index contributed by atoms with van der Waals surface area (Å²) < 4.78 is 41.0. The van der Waals surface area contributed by atoms with Crippen molar-refractivity contribution in [3.05, 3.63) is 71.3 Å². The number of nitrogens with zero attached hydrogens (tertiary/aromatic N) is 2. The highest BCUT2D eigenvalue weighted by atomic mass is 19.4. The van der Waals surface area contributed by atoms with Gasteiger partial charge < -0.3 is 14.5 Å². The lowest BCUT2D eigenvalue weighted by Crippen LogP contribution is -2.46. The topological polar surface area (TPSA) is 51.1 Å². The Balaban J connectivity index is 1.29. The number of hydrogen-bond acceptors (Lipinski definition) is 4. The Kier molecular flexibility index (Phi) is 6.66. The third-order valence-electron chi connectivity index (χ3n) is 6.44. The highest BCUT2D eigenvalue weighted by Gasteiger charge is 2.43. The van der Waals surface area contributed by atoms with Crippen molar-refractivity contribution < 1.29 is 27.5 Å². The van der Waals surface area contributed by atoms with Gasteiger partial charge in [0, 0.05) is 38.4 Å². The van der Waals surface area contributed by atoms with Crippen LogP contribution in [0.2, 0.25) is 0 Å². The average molecular weight is 487 g/mol. The average Bonchev–Trinajstić information content (AvgIpc) is 3.20. The molecule has 1 amide bonds. The van der Waals surface area contributed by atoms with Gasteiger partial charge in [0.2, 0.25) is 5.91 Å². The molecule has 1 saturated heterocycles. The van der Waals surface area contributed by atoms with E-state index in [4.69, 9.17) is 4.84 Å². The van der Waals surface area contributed by atoms with Crippen molar-refractivity contribution in [2.24, 2.45) is 5.16 Å². The number of carbonyl (C=O) groups is 1. The molecule has 0 aliphatic carbocycles. The fourth-order valence-corrected chi connectivity index (χ4v) is 4.30. The fourth-order valence-electron chi connectivity index (χ4n) is 4.30. The Bertz CT molecular complexity index is 1110. The molecule has 4 rings (SSSR count). The number of benzene rings is 2. The van der Waals surface area contributed by atoms with Crippen LogP contribution >= 0.6 is 0 Å². The standard InChI is InChI=1S/C27H29F3N2O3/c1-25(2,3)21-9-4-19(5-10-21)6-13-24(33)32-16-14-26(15-17-32)18-23(31-35-26)20-7-11-22(12-8-20)34-27(28,29)30/h4-13H,14-18H2,1-3H3. The Morgan fingerprint density at radius 2 is 1.66 bits per heavy atom. The molecule has 186 valence electrons. The number of amides is 1. The molecule has 35 heavy (non-hydrogen) atoms. The molecule has 0 aromatic heterocycles. The Labute approximate surface area is 203 Å². The minimum atomic E-state index is -4.73. The second kappa shape index (κ2) is 9.40. The Morgan fingerprint density at radius 3 is 2.23 bits per heavy atom. The van der Waals surface area contributed by atoms with Gasteiger partial charge in [0.25, 0.3) is 0 Å². The maximum absolute atomic E-state index is 12.7. The van der Waals surface area contributed by atoms with Crippen molar-refractivity contribution in [2.75, 3.05) is 13.1 Å². The lowest BCUT2D eigenvalue weighted by molar-refractivity contribution is -0.274. The summed E-state index contributed by atoms with van der Waals surface area (Å²) in [6.07, 6.45) is 0.524. The van der Waals surface area contributed by atoms with Gasteiger partial charge in [-0.1, -0.05) is 50.2 Å². The van der Waals surface area contributed by atoms with Crippen LogP contribution in [-0.4, -0.2) is 41.6 Å². The number of ether oxygens (including phenoxy) is 1. The van der Waals surface area contributed by atoms with Gasteiger partial charge in [-0.25, -0.2) is 0 Å².